The smallest absolute Gasteiger partial charge is 0.341 e. The van der Waals surface area contributed by atoms with E-state index < -0.39 is 8.07 Å². The van der Waals surface area contributed by atoms with Gasteiger partial charge < -0.3 is 9.15 Å². The van der Waals surface area contributed by atoms with Crippen LogP contribution in [0.4, 0.5) is 0 Å². The third-order valence-electron chi connectivity index (χ3n) is 1.76. The molecule has 13 heavy (non-hydrogen) atoms. The summed E-state index contributed by atoms with van der Waals surface area (Å²) in [5, 5.41) is 0.924. The fraction of sp³-hybridized carbons (Fsp3) is 0.444. The van der Waals surface area contributed by atoms with Crippen LogP contribution in [0.15, 0.2) is 16.7 Å². The Morgan fingerprint density at radius 1 is 1.46 bits per heavy atom. The zero-order valence-electron chi connectivity index (χ0n) is 8.38. The molecule has 0 aromatic carbocycles. The SMILES string of the molecule is COC(=O)c1coc([Si](C)(C)C)c1. The predicted molar refractivity (Wildman–Crippen MR) is 53.0 cm³/mol. The van der Waals surface area contributed by atoms with E-state index in [4.69, 9.17) is 4.42 Å². The first-order valence-corrected chi connectivity index (χ1v) is 7.62. The number of ether oxygens (including phenoxy) is 1. The van der Waals surface area contributed by atoms with Crippen LogP contribution in [0.5, 0.6) is 0 Å². The topological polar surface area (TPSA) is 39.4 Å². The van der Waals surface area contributed by atoms with Crippen LogP contribution in [0, 0.1) is 0 Å². The fourth-order valence-electron chi connectivity index (χ4n) is 0.954. The molecular formula is C9H14O3Si. The van der Waals surface area contributed by atoms with E-state index in [0.717, 1.165) is 5.38 Å². The van der Waals surface area contributed by atoms with Crippen molar-refractivity contribution in [2.24, 2.45) is 0 Å². The van der Waals surface area contributed by atoms with E-state index >= 15 is 0 Å². The molecule has 0 fully saturated rings. The molecule has 0 atom stereocenters. The van der Waals surface area contributed by atoms with Crippen molar-refractivity contribution in [2.75, 3.05) is 7.11 Å². The molecule has 4 heteroatoms. The van der Waals surface area contributed by atoms with Crippen molar-refractivity contribution in [3.05, 3.63) is 17.9 Å². The van der Waals surface area contributed by atoms with Crippen LogP contribution < -0.4 is 5.38 Å². The van der Waals surface area contributed by atoms with Crippen molar-refractivity contribution in [1.82, 2.24) is 0 Å². The maximum absolute atomic E-state index is 11.1. The fourth-order valence-corrected chi connectivity index (χ4v) is 1.96. The summed E-state index contributed by atoms with van der Waals surface area (Å²) in [6.07, 6.45) is 1.46. The van der Waals surface area contributed by atoms with Crippen LogP contribution in [0.1, 0.15) is 10.4 Å². The molecule has 1 aromatic rings. The zero-order chi connectivity index (χ0) is 10.1. The minimum atomic E-state index is -1.45. The molecule has 0 radical (unpaired) electrons. The van der Waals surface area contributed by atoms with Gasteiger partial charge in [0.15, 0.2) is 0 Å². The average molecular weight is 198 g/mol. The molecular weight excluding hydrogens is 184 g/mol. The number of methoxy groups -OCH3 is 1. The molecule has 3 nitrogen and oxygen atoms in total. The highest BCUT2D eigenvalue weighted by Gasteiger charge is 2.22. The van der Waals surface area contributed by atoms with Crippen molar-refractivity contribution < 1.29 is 13.9 Å². The number of esters is 1. The summed E-state index contributed by atoms with van der Waals surface area (Å²) in [5.74, 6) is -0.340. The second kappa shape index (κ2) is 3.37. The molecule has 0 N–H and O–H groups in total. The van der Waals surface area contributed by atoms with Gasteiger partial charge in [0.05, 0.1) is 18.1 Å². The first-order chi connectivity index (χ1) is 5.95. The highest BCUT2D eigenvalue weighted by atomic mass is 28.3. The standard InChI is InChI=1S/C9H14O3Si/c1-11-9(10)7-5-8(12-6-7)13(2,3)4/h5-6H,1-4H3. The Morgan fingerprint density at radius 2 is 2.08 bits per heavy atom. The lowest BCUT2D eigenvalue weighted by molar-refractivity contribution is 0.0600. The minimum Gasteiger partial charge on any atom is -0.474 e. The van der Waals surface area contributed by atoms with Crippen LogP contribution in [0.3, 0.4) is 0 Å². The quantitative estimate of drug-likeness (QED) is 0.535. The Bertz CT molecular complexity index is 309. The molecule has 0 saturated heterocycles. The Hall–Kier alpha value is -1.03. The first kappa shape index (κ1) is 10.1. The van der Waals surface area contributed by atoms with Crippen molar-refractivity contribution in [1.29, 1.82) is 0 Å². The van der Waals surface area contributed by atoms with E-state index in [1.54, 1.807) is 6.07 Å². The third kappa shape index (κ3) is 2.21. The van der Waals surface area contributed by atoms with E-state index in [0.29, 0.717) is 5.56 Å². The Kier molecular flexibility index (Phi) is 2.61. The summed E-state index contributed by atoms with van der Waals surface area (Å²) in [6, 6.07) is 1.78. The molecule has 0 spiro atoms. The molecule has 1 heterocycles. The number of carbonyl (C=O) groups excluding carboxylic acids is 1. The normalized spacial score (nSPS) is 11.4. The van der Waals surface area contributed by atoms with E-state index in [2.05, 4.69) is 24.4 Å². The molecule has 0 unspecified atom stereocenters. The van der Waals surface area contributed by atoms with Crippen LogP contribution >= 0.6 is 0 Å². The van der Waals surface area contributed by atoms with Crippen molar-refractivity contribution in [3.8, 4) is 0 Å². The zero-order valence-corrected chi connectivity index (χ0v) is 9.38. The van der Waals surface area contributed by atoms with Gasteiger partial charge in [-0.25, -0.2) is 4.79 Å². The van der Waals surface area contributed by atoms with Crippen LogP contribution in [-0.4, -0.2) is 21.2 Å². The Labute approximate surface area is 78.7 Å². The van der Waals surface area contributed by atoms with E-state index in [1.165, 1.54) is 13.4 Å². The summed E-state index contributed by atoms with van der Waals surface area (Å²) in [4.78, 5) is 11.1. The molecule has 1 rings (SSSR count). The number of furan rings is 1. The molecule has 0 aliphatic heterocycles. The second-order valence-corrected chi connectivity index (χ2v) is 8.93. The van der Waals surface area contributed by atoms with Crippen molar-refractivity contribution in [3.63, 3.8) is 0 Å². The summed E-state index contributed by atoms with van der Waals surface area (Å²) in [5.41, 5.74) is 0.500. The van der Waals surface area contributed by atoms with Crippen molar-refractivity contribution in [2.45, 2.75) is 19.6 Å². The minimum absolute atomic E-state index is 0.340. The Morgan fingerprint density at radius 3 is 2.46 bits per heavy atom. The molecule has 1 aromatic heterocycles. The lowest BCUT2D eigenvalue weighted by atomic mass is 10.3. The maximum atomic E-state index is 11.1. The van der Waals surface area contributed by atoms with E-state index in [-0.39, 0.29) is 5.97 Å². The lowest BCUT2D eigenvalue weighted by Crippen LogP contribution is -2.36. The summed E-state index contributed by atoms with van der Waals surface area (Å²) < 4.78 is 9.89. The number of rotatable bonds is 2. The first-order valence-electron chi connectivity index (χ1n) is 4.12. The lowest BCUT2D eigenvalue weighted by Gasteiger charge is -2.10. The summed E-state index contributed by atoms with van der Waals surface area (Å²) >= 11 is 0. The van der Waals surface area contributed by atoms with Gasteiger partial charge in [0.2, 0.25) is 0 Å². The van der Waals surface area contributed by atoms with Gasteiger partial charge in [-0.3, -0.25) is 0 Å². The molecule has 72 valence electrons. The molecule has 0 aliphatic rings. The molecule has 0 bridgehead atoms. The van der Waals surface area contributed by atoms with Gasteiger partial charge in [-0.15, -0.1) is 0 Å². The largest absolute Gasteiger partial charge is 0.474 e. The monoisotopic (exact) mass is 198 g/mol. The van der Waals surface area contributed by atoms with Gasteiger partial charge in [0.1, 0.15) is 14.3 Å². The predicted octanol–water partition coefficient (Wildman–Crippen LogP) is 1.61. The second-order valence-electron chi connectivity index (χ2n) is 3.94. The summed E-state index contributed by atoms with van der Waals surface area (Å²) in [6.45, 7) is 6.48. The van der Waals surface area contributed by atoms with Gasteiger partial charge in [-0.05, 0) is 6.07 Å². The highest BCUT2D eigenvalue weighted by molar-refractivity contribution is 6.87. The van der Waals surface area contributed by atoms with Gasteiger partial charge in [0.25, 0.3) is 0 Å². The maximum Gasteiger partial charge on any atom is 0.341 e. The number of hydrogen-bond acceptors (Lipinski definition) is 3. The van der Waals surface area contributed by atoms with Crippen LogP contribution in [0.2, 0.25) is 19.6 Å². The van der Waals surface area contributed by atoms with Gasteiger partial charge in [-0.2, -0.15) is 0 Å². The van der Waals surface area contributed by atoms with Crippen molar-refractivity contribution >= 4 is 19.4 Å². The van der Waals surface area contributed by atoms with Crippen LogP contribution in [0.25, 0.3) is 0 Å². The number of hydrogen-bond donors (Lipinski definition) is 0. The summed E-state index contributed by atoms with van der Waals surface area (Å²) in [7, 11) is -0.0809. The van der Waals surface area contributed by atoms with E-state index in [9.17, 15) is 4.79 Å². The Balaban J connectivity index is 2.93. The molecule has 0 amide bonds. The van der Waals surface area contributed by atoms with Gasteiger partial charge >= 0.3 is 5.97 Å². The van der Waals surface area contributed by atoms with Crippen LogP contribution in [-0.2, 0) is 4.74 Å². The van der Waals surface area contributed by atoms with Gasteiger partial charge in [-0.1, -0.05) is 19.6 Å². The average Bonchev–Trinajstić information content (AvgIpc) is 2.50. The van der Waals surface area contributed by atoms with Gasteiger partial charge in [0, 0.05) is 0 Å². The molecule has 0 aliphatic carbocycles. The number of carbonyl (C=O) groups is 1. The van der Waals surface area contributed by atoms with E-state index in [1.807, 2.05) is 0 Å². The molecule has 0 saturated carbocycles. The third-order valence-corrected chi connectivity index (χ3v) is 3.50. The highest BCUT2D eigenvalue weighted by Crippen LogP contribution is 2.07.